The zero-order valence-corrected chi connectivity index (χ0v) is 9.03. The second-order valence-electron chi connectivity index (χ2n) is 3.44. The van der Waals surface area contributed by atoms with E-state index in [1.165, 1.54) is 12.1 Å². The molecule has 0 saturated heterocycles. The van der Waals surface area contributed by atoms with Gasteiger partial charge in [-0.05, 0) is 12.1 Å². The van der Waals surface area contributed by atoms with Gasteiger partial charge in [0.1, 0.15) is 11.6 Å². The average molecular weight is 235 g/mol. The zero-order valence-electron chi connectivity index (χ0n) is 9.03. The van der Waals surface area contributed by atoms with E-state index in [1.807, 2.05) is 0 Å². The third-order valence-electron chi connectivity index (χ3n) is 2.22. The minimum Gasteiger partial charge on any atom is -0.323 e. The SMILES string of the molecule is C=CCn1ccnc1Nc1ccc(F)cc1F. The first-order valence-electron chi connectivity index (χ1n) is 5.05. The Labute approximate surface area is 97.4 Å². The molecule has 1 N–H and O–H groups in total. The Kier molecular flexibility index (Phi) is 3.18. The Morgan fingerprint density at radius 3 is 2.94 bits per heavy atom. The summed E-state index contributed by atoms with van der Waals surface area (Å²) in [6, 6.07) is 3.34. The highest BCUT2D eigenvalue weighted by atomic mass is 19.1. The molecule has 0 aliphatic rings. The zero-order chi connectivity index (χ0) is 12.3. The van der Waals surface area contributed by atoms with Crippen LogP contribution < -0.4 is 5.32 Å². The van der Waals surface area contributed by atoms with E-state index in [-0.39, 0.29) is 5.69 Å². The largest absolute Gasteiger partial charge is 0.323 e. The molecule has 0 amide bonds. The molecule has 0 unspecified atom stereocenters. The number of hydrogen-bond donors (Lipinski definition) is 1. The minimum atomic E-state index is -0.654. The molecule has 5 heteroatoms. The van der Waals surface area contributed by atoms with Crippen molar-refractivity contribution in [3.63, 3.8) is 0 Å². The smallest absolute Gasteiger partial charge is 0.207 e. The molecule has 17 heavy (non-hydrogen) atoms. The third-order valence-corrected chi connectivity index (χ3v) is 2.22. The van der Waals surface area contributed by atoms with Crippen LogP contribution in [-0.2, 0) is 6.54 Å². The van der Waals surface area contributed by atoms with Gasteiger partial charge in [0.2, 0.25) is 5.95 Å². The Hall–Kier alpha value is -2.17. The van der Waals surface area contributed by atoms with E-state index < -0.39 is 11.6 Å². The lowest BCUT2D eigenvalue weighted by Gasteiger charge is -2.08. The van der Waals surface area contributed by atoms with Gasteiger partial charge >= 0.3 is 0 Å². The van der Waals surface area contributed by atoms with Gasteiger partial charge in [0.05, 0.1) is 5.69 Å². The highest BCUT2D eigenvalue weighted by molar-refractivity contribution is 5.54. The molecule has 1 aromatic heterocycles. The lowest BCUT2D eigenvalue weighted by molar-refractivity contribution is 0.585. The first kappa shape index (κ1) is 11.3. The summed E-state index contributed by atoms with van der Waals surface area (Å²) in [7, 11) is 0. The summed E-state index contributed by atoms with van der Waals surface area (Å²) >= 11 is 0. The van der Waals surface area contributed by atoms with Crippen molar-refractivity contribution in [1.82, 2.24) is 9.55 Å². The molecule has 0 aliphatic carbocycles. The van der Waals surface area contributed by atoms with Crippen molar-refractivity contribution in [2.75, 3.05) is 5.32 Å². The van der Waals surface area contributed by atoms with E-state index in [2.05, 4.69) is 16.9 Å². The van der Waals surface area contributed by atoms with Gasteiger partial charge in [-0.1, -0.05) is 6.08 Å². The molecule has 3 nitrogen and oxygen atoms in total. The summed E-state index contributed by atoms with van der Waals surface area (Å²) in [5, 5.41) is 2.80. The van der Waals surface area contributed by atoms with Gasteiger partial charge in [-0.3, -0.25) is 0 Å². The highest BCUT2D eigenvalue weighted by Gasteiger charge is 2.07. The predicted molar refractivity (Wildman–Crippen MR) is 62.1 cm³/mol. The van der Waals surface area contributed by atoms with E-state index in [1.54, 1.807) is 23.0 Å². The van der Waals surface area contributed by atoms with Crippen LogP contribution in [0.25, 0.3) is 0 Å². The fraction of sp³-hybridized carbons (Fsp3) is 0.0833. The van der Waals surface area contributed by atoms with Gasteiger partial charge in [-0.25, -0.2) is 13.8 Å². The van der Waals surface area contributed by atoms with Crippen molar-refractivity contribution in [3.8, 4) is 0 Å². The number of anilines is 2. The monoisotopic (exact) mass is 235 g/mol. The van der Waals surface area contributed by atoms with Crippen LogP contribution in [0.2, 0.25) is 0 Å². The molecule has 1 aromatic carbocycles. The molecule has 2 rings (SSSR count). The Balaban J connectivity index is 2.25. The summed E-state index contributed by atoms with van der Waals surface area (Å²) in [5.41, 5.74) is 0.183. The normalized spacial score (nSPS) is 10.2. The van der Waals surface area contributed by atoms with Crippen LogP contribution in [-0.4, -0.2) is 9.55 Å². The van der Waals surface area contributed by atoms with Crippen LogP contribution in [0.3, 0.4) is 0 Å². The molecule has 0 spiro atoms. The second-order valence-corrected chi connectivity index (χ2v) is 3.44. The molecular formula is C12H11F2N3. The minimum absolute atomic E-state index is 0.183. The van der Waals surface area contributed by atoms with Crippen molar-refractivity contribution >= 4 is 11.6 Å². The molecule has 0 fully saturated rings. The average Bonchev–Trinajstić information content (AvgIpc) is 2.71. The molecule has 2 aromatic rings. The molecular weight excluding hydrogens is 224 g/mol. The Bertz CT molecular complexity index is 534. The summed E-state index contributed by atoms with van der Waals surface area (Å²) in [6.07, 6.45) is 5.03. The number of nitrogens with zero attached hydrogens (tertiary/aromatic N) is 2. The number of allylic oxidation sites excluding steroid dienone is 1. The topological polar surface area (TPSA) is 29.9 Å². The van der Waals surface area contributed by atoms with Crippen LogP contribution >= 0.6 is 0 Å². The van der Waals surface area contributed by atoms with Gasteiger partial charge in [0.25, 0.3) is 0 Å². The van der Waals surface area contributed by atoms with E-state index in [0.29, 0.717) is 12.5 Å². The van der Waals surface area contributed by atoms with E-state index in [0.717, 1.165) is 6.07 Å². The lowest BCUT2D eigenvalue weighted by Crippen LogP contribution is -2.03. The standard InChI is InChI=1S/C12H11F2N3/c1-2-6-17-7-5-15-12(17)16-11-4-3-9(13)8-10(11)14/h2-5,7-8H,1,6H2,(H,15,16). The van der Waals surface area contributed by atoms with Gasteiger partial charge < -0.3 is 9.88 Å². The van der Waals surface area contributed by atoms with Gasteiger partial charge in [-0.15, -0.1) is 6.58 Å². The Morgan fingerprint density at radius 1 is 1.41 bits per heavy atom. The first-order valence-corrected chi connectivity index (χ1v) is 5.05. The molecule has 0 bridgehead atoms. The summed E-state index contributed by atoms with van der Waals surface area (Å²) in [5.74, 6) is -0.781. The maximum absolute atomic E-state index is 13.4. The summed E-state index contributed by atoms with van der Waals surface area (Å²) in [4.78, 5) is 4.04. The fourth-order valence-electron chi connectivity index (χ4n) is 1.43. The quantitative estimate of drug-likeness (QED) is 0.825. The highest BCUT2D eigenvalue weighted by Crippen LogP contribution is 2.19. The van der Waals surface area contributed by atoms with Crippen molar-refractivity contribution in [3.05, 3.63) is 54.9 Å². The molecule has 0 saturated carbocycles. The maximum atomic E-state index is 13.4. The molecule has 0 aliphatic heterocycles. The number of aromatic nitrogens is 2. The number of hydrogen-bond acceptors (Lipinski definition) is 2. The van der Waals surface area contributed by atoms with Crippen LogP contribution in [0.1, 0.15) is 0 Å². The predicted octanol–water partition coefficient (Wildman–Crippen LogP) is 3.09. The van der Waals surface area contributed by atoms with Crippen molar-refractivity contribution < 1.29 is 8.78 Å². The van der Waals surface area contributed by atoms with Crippen molar-refractivity contribution in [2.24, 2.45) is 0 Å². The molecule has 1 heterocycles. The first-order chi connectivity index (χ1) is 8.20. The number of nitrogens with one attached hydrogen (secondary N) is 1. The van der Waals surface area contributed by atoms with Gasteiger partial charge in [0.15, 0.2) is 0 Å². The van der Waals surface area contributed by atoms with Crippen LogP contribution in [0.5, 0.6) is 0 Å². The third kappa shape index (κ3) is 2.50. The van der Waals surface area contributed by atoms with E-state index in [4.69, 9.17) is 0 Å². The van der Waals surface area contributed by atoms with E-state index >= 15 is 0 Å². The van der Waals surface area contributed by atoms with Crippen LogP contribution in [0.4, 0.5) is 20.4 Å². The summed E-state index contributed by atoms with van der Waals surface area (Å²) < 4.78 is 27.9. The van der Waals surface area contributed by atoms with Crippen LogP contribution in [0, 0.1) is 11.6 Å². The van der Waals surface area contributed by atoms with Gasteiger partial charge in [0, 0.05) is 25.0 Å². The molecule has 88 valence electrons. The lowest BCUT2D eigenvalue weighted by atomic mass is 10.3. The molecule has 0 radical (unpaired) electrons. The Morgan fingerprint density at radius 2 is 2.24 bits per heavy atom. The van der Waals surface area contributed by atoms with Crippen molar-refractivity contribution in [2.45, 2.75) is 6.54 Å². The fourth-order valence-corrected chi connectivity index (χ4v) is 1.43. The summed E-state index contributed by atoms with van der Waals surface area (Å²) in [6.45, 7) is 4.17. The number of halogens is 2. The molecule has 0 atom stereocenters. The van der Waals surface area contributed by atoms with Crippen molar-refractivity contribution in [1.29, 1.82) is 0 Å². The number of rotatable bonds is 4. The number of imidazole rings is 1. The van der Waals surface area contributed by atoms with E-state index in [9.17, 15) is 8.78 Å². The maximum Gasteiger partial charge on any atom is 0.207 e. The van der Waals surface area contributed by atoms with Crippen LogP contribution in [0.15, 0.2) is 43.2 Å². The van der Waals surface area contributed by atoms with Gasteiger partial charge in [-0.2, -0.15) is 0 Å². The second kappa shape index (κ2) is 4.78. The number of benzene rings is 1.